The quantitative estimate of drug-likeness (QED) is 0.607. The van der Waals surface area contributed by atoms with Crippen LogP contribution < -0.4 is 0 Å². The summed E-state index contributed by atoms with van der Waals surface area (Å²) in [7, 11) is 0. The lowest BCUT2D eigenvalue weighted by Gasteiger charge is -2.06. The highest BCUT2D eigenvalue weighted by Gasteiger charge is 2.00. The molecule has 1 aromatic rings. The number of allylic oxidation sites excluding steroid dienone is 4. The van der Waals surface area contributed by atoms with Gasteiger partial charge in [-0.1, -0.05) is 49.1 Å². The molecule has 2 rings (SSSR count). The van der Waals surface area contributed by atoms with Gasteiger partial charge in [-0.25, -0.2) is 0 Å². The molecule has 0 bridgehead atoms. The molecule has 0 saturated carbocycles. The fourth-order valence-electron chi connectivity index (χ4n) is 1.76. The minimum Gasteiger partial charge on any atom is -0.0982 e. The molecule has 0 spiro atoms. The summed E-state index contributed by atoms with van der Waals surface area (Å²) >= 11 is 0. The Labute approximate surface area is 97.7 Å². The second-order valence-electron chi connectivity index (χ2n) is 3.87. The lowest BCUT2D eigenvalue weighted by Crippen LogP contribution is -1.86. The summed E-state index contributed by atoms with van der Waals surface area (Å²) in [6, 6.07) is 8.50. The Hall–Kier alpha value is -1.74. The Morgan fingerprint density at radius 1 is 1.12 bits per heavy atom. The van der Waals surface area contributed by atoms with E-state index in [1.165, 1.54) is 17.6 Å². The number of hydrogen-bond acceptors (Lipinski definition) is 0. The Morgan fingerprint density at radius 3 is 2.56 bits per heavy atom. The molecule has 0 heterocycles. The zero-order valence-electron chi connectivity index (χ0n) is 9.66. The Morgan fingerprint density at radius 2 is 1.94 bits per heavy atom. The number of hydrogen-bond donors (Lipinski definition) is 0. The van der Waals surface area contributed by atoms with Crippen molar-refractivity contribution in [3.63, 3.8) is 0 Å². The van der Waals surface area contributed by atoms with Crippen molar-refractivity contribution in [1.82, 2.24) is 0 Å². The first kappa shape index (κ1) is 10.8. The Bertz CT molecular complexity index is 461. The lowest BCUT2D eigenvalue weighted by atomic mass is 9.99. The highest BCUT2D eigenvalue weighted by molar-refractivity contribution is 5.75. The van der Waals surface area contributed by atoms with E-state index in [1.54, 1.807) is 0 Å². The Balaban J connectivity index is 2.19. The third-order valence-corrected chi connectivity index (χ3v) is 2.62. The zero-order chi connectivity index (χ0) is 11.2. The average Bonchev–Trinajstić information content (AvgIpc) is 2.38. The van der Waals surface area contributed by atoms with E-state index in [0.29, 0.717) is 0 Å². The topological polar surface area (TPSA) is 0 Å². The molecule has 0 radical (unpaired) electrons. The fraction of sp³-hybridized carbons (Fsp3) is 0.250. The van der Waals surface area contributed by atoms with Crippen LogP contribution in [0.3, 0.4) is 0 Å². The van der Waals surface area contributed by atoms with Gasteiger partial charge < -0.3 is 0 Å². The van der Waals surface area contributed by atoms with Gasteiger partial charge in [0.15, 0.2) is 0 Å². The summed E-state index contributed by atoms with van der Waals surface area (Å²) in [5.41, 5.74) is 3.73. The molecule has 0 N–H and O–H groups in total. The first-order valence-corrected chi connectivity index (χ1v) is 5.86. The molecule has 0 saturated heterocycles. The van der Waals surface area contributed by atoms with Crippen LogP contribution in [-0.2, 0) is 0 Å². The van der Waals surface area contributed by atoms with Crippen LogP contribution in [0.15, 0.2) is 42.5 Å². The molecule has 0 unspecified atom stereocenters. The largest absolute Gasteiger partial charge is 0.0982 e. The molecule has 0 fully saturated rings. The summed E-state index contributed by atoms with van der Waals surface area (Å²) in [5.74, 6) is 6.22. The van der Waals surface area contributed by atoms with Gasteiger partial charge in [0.25, 0.3) is 0 Å². The van der Waals surface area contributed by atoms with Gasteiger partial charge in [0.1, 0.15) is 0 Å². The number of rotatable bonds is 1. The van der Waals surface area contributed by atoms with Gasteiger partial charge in [0.2, 0.25) is 0 Å². The van der Waals surface area contributed by atoms with E-state index < -0.39 is 0 Å². The lowest BCUT2D eigenvalue weighted by molar-refractivity contribution is 1.04. The molecule has 80 valence electrons. The molecule has 1 aliphatic carbocycles. The van der Waals surface area contributed by atoms with E-state index in [1.807, 2.05) is 0 Å². The van der Waals surface area contributed by atoms with Crippen LogP contribution in [-0.4, -0.2) is 0 Å². The van der Waals surface area contributed by atoms with E-state index in [-0.39, 0.29) is 0 Å². The summed E-state index contributed by atoms with van der Waals surface area (Å²) in [6.07, 6.45) is 9.98. The first-order valence-electron chi connectivity index (χ1n) is 5.86. The summed E-state index contributed by atoms with van der Waals surface area (Å²) < 4.78 is 0. The molecule has 0 atom stereocenters. The van der Waals surface area contributed by atoms with Gasteiger partial charge in [-0.15, -0.1) is 0 Å². The molecule has 0 nitrogen and oxygen atoms in total. The molecular weight excluding hydrogens is 192 g/mol. The molecular formula is C16H16. The van der Waals surface area contributed by atoms with Crippen molar-refractivity contribution in [2.24, 2.45) is 0 Å². The fourth-order valence-corrected chi connectivity index (χ4v) is 1.76. The van der Waals surface area contributed by atoms with E-state index in [0.717, 1.165) is 18.4 Å². The normalized spacial score (nSPS) is 13.9. The molecule has 0 aromatic heterocycles. The monoisotopic (exact) mass is 208 g/mol. The maximum Gasteiger partial charge on any atom is 0.0245 e. The zero-order valence-corrected chi connectivity index (χ0v) is 9.66. The summed E-state index contributed by atoms with van der Waals surface area (Å²) in [5, 5.41) is 0. The van der Waals surface area contributed by atoms with Crippen LogP contribution in [0.4, 0.5) is 0 Å². The van der Waals surface area contributed by atoms with E-state index in [9.17, 15) is 0 Å². The predicted molar refractivity (Wildman–Crippen MR) is 70.0 cm³/mol. The minimum absolute atomic E-state index is 0.912. The first-order chi connectivity index (χ1) is 7.90. The van der Waals surface area contributed by atoms with E-state index in [2.05, 4.69) is 61.3 Å². The third-order valence-electron chi connectivity index (χ3n) is 2.62. The van der Waals surface area contributed by atoms with Gasteiger partial charge in [0, 0.05) is 12.0 Å². The van der Waals surface area contributed by atoms with Crippen molar-refractivity contribution in [1.29, 1.82) is 0 Å². The molecule has 0 heteroatoms. The standard InChI is InChI=1S/C16H16/c1-2-3-7-14-10-12-16(13-11-14)15-8-5-4-6-9-15/h5,8-13H,2,4,6H2,1H3. The van der Waals surface area contributed by atoms with Crippen LogP contribution in [0, 0.1) is 11.8 Å². The van der Waals surface area contributed by atoms with E-state index >= 15 is 0 Å². The second-order valence-corrected chi connectivity index (χ2v) is 3.87. The summed E-state index contributed by atoms with van der Waals surface area (Å²) in [4.78, 5) is 0. The molecule has 0 aliphatic heterocycles. The van der Waals surface area contributed by atoms with Gasteiger partial charge in [-0.2, -0.15) is 0 Å². The minimum atomic E-state index is 0.912. The van der Waals surface area contributed by atoms with Crippen molar-refractivity contribution < 1.29 is 0 Å². The van der Waals surface area contributed by atoms with Gasteiger partial charge in [-0.05, 0) is 36.1 Å². The van der Waals surface area contributed by atoms with Crippen LogP contribution in [0.5, 0.6) is 0 Å². The Kier molecular flexibility index (Phi) is 3.62. The summed E-state index contributed by atoms with van der Waals surface area (Å²) in [6.45, 7) is 2.07. The van der Waals surface area contributed by atoms with Crippen molar-refractivity contribution in [2.45, 2.75) is 26.2 Å². The predicted octanol–water partition coefficient (Wildman–Crippen LogP) is 4.18. The molecule has 1 aromatic carbocycles. The molecule has 0 amide bonds. The van der Waals surface area contributed by atoms with Crippen LogP contribution >= 0.6 is 0 Å². The van der Waals surface area contributed by atoms with Gasteiger partial charge >= 0.3 is 0 Å². The van der Waals surface area contributed by atoms with Crippen LogP contribution in [0.25, 0.3) is 5.57 Å². The third kappa shape index (κ3) is 2.64. The molecule has 1 aliphatic rings. The van der Waals surface area contributed by atoms with Gasteiger partial charge in [0.05, 0.1) is 0 Å². The maximum atomic E-state index is 3.14. The van der Waals surface area contributed by atoms with E-state index in [4.69, 9.17) is 0 Å². The van der Waals surface area contributed by atoms with Crippen molar-refractivity contribution in [3.8, 4) is 11.8 Å². The second kappa shape index (κ2) is 5.37. The number of benzene rings is 1. The SMILES string of the molecule is CCC#Cc1ccc(C2=CCCC=C2)cc1. The van der Waals surface area contributed by atoms with Gasteiger partial charge in [-0.3, -0.25) is 0 Å². The highest BCUT2D eigenvalue weighted by Crippen LogP contribution is 2.21. The maximum absolute atomic E-state index is 3.14. The smallest absolute Gasteiger partial charge is 0.0245 e. The van der Waals surface area contributed by atoms with Crippen molar-refractivity contribution in [3.05, 3.63) is 53.6 Å². The van der Waals surface area contributed by atoms with Crippen molar-refractivity contribution >= 4 is 5.57 Å². The molecule has 16 heavy (non-hydrogen) atoms. The van der Waals surface area contributed by atoms with Crippen LogP contribution in [0.1, 0.15) is 37.3 Å². The van der Waals surface area contributed by atoms with Crippen molar-refractivity contribution in [2.75, 3.05) is 0 Å². The average molecular weight is 208 g/mol. The van der Waals surface area contributed by atoms with Crippen LogP contribution in [0.2, 0.25) is 0 Å². The highest BCUT2D eigenvalue weighted by atomic mass is 14.0.